The Hall–Kier alpha value is -5.16. The van der Waals surface area contributed by atoms with Crippen LogP contribution in [0.5, 0.6) is 5.75 Å². The fourth-order valence-corrected chi connectivity index (χ4v) is 4.91. The van der Waals surface area contributed by atoms with E-state index < -0.39 is 0 Å². The van der Waals surface area contributed by atoms with Gasteiger partial charge in [0.15, 0.2) is 0 Å². The average molecular weight is 479 g/mol. The number of nitrogens with one attached hydrogen (secondary N) is 2. The van der Waals surface area contributed by atoms with Crippen molar-refractivity contribution < 1.29 is 5.11 Å². The van der Waals surface area contributed by atoms with E-state index in [4.69, 9.17) is 9.97 Å². The molecule has 5 heteroatoms. The maximum absolute atomic E-state index is 10.3. The van der Waals surface area contributed by atoms with Crippen LogP contribution in [0.2, 0.25) is 0 Å². The first-order valence-electron chi connectivity index (χ1n) is 12.1. The zero-order chi connectivity index (χ0) is 24.8. The molecule has 7 rings (SSSR count). The molecule has 3 N–H and O–H groups in total. The number of fused-ring (bicyclic) bond motifs is 8. The highest BCUT2D eigenvalue weighted by Crippen LogP contribution is 2.37. The smallest absolute Gasteiger partial charge is 0.116 e. The number of hydrogen-bond donors (Lipinski definition) is 3. The van der Waals surface area contributed by atoms with Gasteiger partial charge in [0.1, 0.15) is 5.75 Å². The molecular weight excluding hydrogens is 456 g/mol. The zero-order valence-corrected chi connectivity index (χ0v) is 19.8. The third-order valence-electron chi connectivity index (χ3n) is 6.55. The molecular formula is C32H22N4O. The molecule has 0 aliphatic carbocycles. The number of aromatic nitrogens is 4. The summed E-state index contributed by atoms with van der Waals surface area (Å²) >= 11 is 0. The number of nitrogens with zero attached hydrogens (tertiary/aromatic N) is 2. The van der Waals surface area contributed by atoms with Gasteiger partial charge in [0.05, 0.1) is 28.3 Å². The molecule has 37 heavy (non-hydrogen) atoms. The molecule has 2 aliphatic heterocycles. The first-order chi connectivity index (χ1) is 18.2. The summed E-state index contributed by atoms with van der Waals surface area (Å²) in [6.45, 7) is 0. The minimum atomic E-state index is 0.223. The molecule has 0 saturated heterocycles. The van der Waals surface area contributed by atoms with Crippen LogP contribution in [0.1, 0.15) is 22.8 Å². The minimum absolute atomic E-state index is 0.223. The van der Waals surface area contributed by atoms with Gasteiger partial charge in [-0.15, -0.1) is 0 Å². The second kappa shape index (κ2) is 8.50. The average Bonchev–Trinajstić information content (AvgIpc) is 3.70. The van der Waals surface area contributed by atoms with Crippen LogP contribution < -0.4 is 0 Å². The van der Waals surface area contributed by atoms with E-state index in [0.717, 1.165) is 67.1 Å². The van der Waals surface area contributed by atoms with Crippen LogP contribution in [0.25, 0.3) is 68.6 Å². The van der Waals surface area contributed by atoms with Gasteiger partial charge in [-0.25, -0.2) is 9.97 Å². The second-order valence-corrected chi connectivity index (χ2v) is 9.16. The zero-order valence-electron chi connectivity index (χ0n) is 19.8. The molecule has 0 saturated carbocycles. The van der Waals surface area contributed by atoms with Gasteiger partial charge in [-0.2, -0.15) is 0 Å². The Labute approximate surface area is 213 Å². The van der Waals surface area contributed by atoms with E-state index in [9.17, 15) is 5.11 Å². The molecule has 2 aliphatic rings. The molecule has 2 aromatic carbocycles. The molecule has 0 unspecified atom stereocenters. The number of phenolic OH excluding ortho intramolecular Hbond substituents is 1. The third kappa shape index (κ3) is 4.02. The lowest BCUT2D eigenvalue weighted by Gasteiger charge is -2.07. The monoisotopic (exact) mass is 478 g/mol. The Balaban J connectivity index is 1.65. The summed E-state index contributed by atoms with van der Waals surface area (Å²) in [5.74, 6) is 0.223. The van der Waals surface area contributed by atoms with Crippen LogP contribution in [-0.4, -0.2) is 25.0 Å². The van der Waals surface area contributed by atoms with Crippen LogP contribution >= 0.6 is 0 Å². The van der Waals surface area contributed by atoms with Crippen LogP contribution in [0, 0.1) is 0 Å². The fraction of sp³-hybridized carbons (Fsp3) is 0. The van der Waals surface area contributed by atoms with Crippen molar-refractivity contribution in [2.45, 2.75) is 0 Å². The van der Waals surface area contributed by atoms with Crippen molar-refractivity contribution in [1.82, 2.24) is 19.9 Å². The summed E-state index contributed by atoms with van der Waals surface area (Å²) in [6, 6.07) is 29.9. The van der Waals surface area contributed by atoms with Gasteiger partial charge in [-0.1, -0.05) is 42.5 Å². The summed E-state index contributed by atoms with van der Waals surface area (Å²) in [5.41, 5.74) is 11.2. The molecule has 8 bridgehead atoms. The number of benzene rings is 2. The van der Waals surface area contributed by atoms with E-state index in [2.05, 4.69) is 34.2 Å². The van der Waals surface area contributed by atoms with E-state index in [1.54, 1.807) is 12.1 Å². The van der Waals surface area contributed by atoms with E-state index in [1.165, 1.54) is 0 Å². The molecule has 0 radical (unpaired) electrons. The van der Waals surface area contributed by atoms with Gasteiger partial charge < -0.3 is 15.1 Å². The Morgan fingerprint density at radius 2 is 1.22 bits per heavy atom. The van der Waals surface area contributed by atoms with Crippen LogP contribution in [0.4, 0.5) is 0 Å². The summed E-state index contributed by atoms with van der Waals surface area (Å²) in [6.07, 6.45) is 8.12. The normalized spacial score (nSPS) is 12.2. The Morgan fingerprint density at radius 3 is 1.97 bits per heavy atom. The van der Waals surface area contributed by atoms with Gasteiger partial charge in [-0.3, -0.25) is 0 Å². The first-order valence-corrected chi connectivity index (χ1v) is 12.1. The van der Waals surface area contributed by atoms with Crippen molar-refractivity contribution in [3.8, 4) is 28.0 Å². The van der Waals surface area contributed by atoms with Crippen LogP contribution in [-0.2, 0) is 0 Å². The lowest BCUT2D eigenvalue weighted by molar-refractivity contribution is 0.475. The van der Waals surface area contributed by atoms with E-state index in [0.29, 0.717) is 0 Å². The predicted molar refractivity (Wildman–Crippen MR) is 151 cm³/mol. The van der Waals surface area contributed by atoms with E-state index in [1.807, 2.05) is 78.9 Å². The molecule has 176 valence electrons. The highest BCUT2D eigenvalue weighted by Gasteiger charge is 2.15. The van der Waals surface area contributed by atoms with Crippen LogP contribution in [0.3, 0.4) is 0 Å². The van der Waals surface area contributed by atoms with Crippen molar-refractivity contribution in [3.63, 3.8) is 0 Å². The molecule has 5 aromatic rings. The Bertz CT molecular complexity index is 1890. The molecule has 0 fully saturated rings. The number of phenols is 1. The summed E-state index contributed by atoms with van der Waals surface area (Å²) < 4.78 is 0. The van der Waals surface area contributed by atoms with Crippen molar-refractivity contribution >= 4 is 46.4 Å². The maximum atomic E-state index is 10.3. The SMILES string of the molecule is Oc1cccc(-c2cc3cc4nc(cc5ccc(cc6nc(c(-c7ccccc7)c2[nH]3)C=C6)[nH]5)C=C4)c1. The molecule has 0 amide bonds. The summed E-state index contributed by atoms with van der Waals surface area (Å²) in [4.78, 5) is 16.9. The standard InChI is InChI=1S/C32H22N4O/c37-28-8-4-7-21(15-28)29-19-27-18-25-12-11-23(34-25)16-22-9-10-24(33-22)17-26-13-14-30(35-26)31(32(29)36-27)20-5-2-1-3-6-20/h1-19,33,36-37H. The fourth-order valence-electron chi connectivity index (χ4n) is 4.91. The highest BCUT2D eigenvalue weighted by atomic mass is 16.3. The van der Waals surface area contributed by atoms with Gasteiger partial charge in [0, 0.05) is 27.7 Å². The lowest BCUT2D eigenvalue weighted by Crippen LogP contribution is -1.87. The molecule has 0 spiro atoms. The van der Waals surface area contributed by atoms with Crippen molar-refractivity contribution in [2.75, 3.05) is 0 Å². The van der Waals surface area contributed by atoms with E-state index >= 15 is 0 Å². The molecule has 5 heterocycles. The number of hydrogen-bond acceptors (Lipinski definition) is 3. The van der Waals surface area contributed by atoms with Gasteiger partial charge >= 0.3 is 0 Å². The lowest BCUT2D eigenvalue weighted by atomic mass is 9.99. The van der Waals surface area contributed by atoms with Crippen molar-refractivity contribution in [1.29, 1.82) is 0 Å². The Morgan fingerprint density at radius 1 is 0.541 bits per heavy atom. The maximum Gasteiger partial charge on any atom is 0.116 e. The number of aromatic amines is 2. The summed E-state index contributed by atoms with van der Waals surface area (Å²) in [7, 11) is 0. The third-order valence-corrected chi connectivity index (χ3v) is 6.55. The van der Waals surface area contributed by atoms with Crippen LogP contribution in [0.15, 0.2) is 91.0 Å². The Kier molecular flexibility index (Phi) is 4.86. The quantitative estimate of drug-likeness (QED) is 0.238. The number of rotatable bonds is 2. The van der Waals surface area contributed by atoms with Gasteiger partial charge in [-0.05, 0) is 84.0 Å². The van der Waals surface area contributed by atoms with Gasteiger partial charge in [0.2, 0.25) is 0 Å². The number of H-pyrrole nitrogens is 2. The first kappa shape index (κ1) is 21.1. The highest BCUT2D eigenvalue weighted by molar-refractivity contribution is 5.99. The van der Waals surface area contributed by atoms with E-state index in [-0.39, 0.29) is 5.75 Å². The second-order valence-electron chi connectivity index (χ2n) is 9.16. The topological polar surface area (TPSA) is 77.6 Å². The minimum Gasteiger partial charge on any atom is -0.508 e. The number of aromatic hydroxyl groups is 1. The molecule has 0 atom stereocenters. The molecule has 3 aromatic heterocycles. The predicted octanol–water partition coefficient (Wildman–Crippen LogP) is 7.70. The van der Waals surface area contributed by atoms with Gasteiger partial charge in [0.25, 0.3) is 0 Å². The summed E-state index contributed by atoms with van der Waals surface area (Å²) in [5, 5.41) is 10.3. The van der Waals surface area contributed by atoms with Crippen molar-refractivity contribution in [3.05, 3.63) is 114 Å². The largest absolute Gasteiger partial charge is 0.508 e. The van der Waals surface area contributed by atoms with Crippen molar-refractivity contribution in [2.24, 2.45) is 0 Å². The molecule has 5 nitrogen and oxygen atoms in total.